The van der Waals surface area contributed by atoms with Crippen LogP contribution in [0.4, 0.5) is 0 Å². The first kappa shape index (κ1) is 23.5. The van der Waals surface area contributed by atoms with Crippen molar-refractivity contribution in [2.24, 2.45) is 0 Å². The number of hydrazine groups is 1. The monoisotopic (exact) mass is 485 g/mol. The van der Waals surface area contributed by atoms with E-state index in [1.807, 2.05) is 0 Å². The van der Waals surface area contributed by atoms with E-state index in [1.165, 1.54) is 12.1 Å². The molecule has 11 heteroatoms. The Kier molecular flexibility index (Phi) is 7.90. The quantitative estimate of drug-likeness (QED) is 0.521. The van der Waals surface area contributed by atoms with E-state index in [0.717, 1.165) is 18.9 Å². The molecule has 0 radical (unpaired) electrons. The molecule has 3 N–H and O–H groups in total. The van der Waals surface area contributed by atoms with E-state index in [0.29, 0.717) is 17.2 Å². The van der Waals surface area contributed by atoms with Gasteiger partial charge in [-0.05, 0) is 48.7 Å². The lowest BCUT2D eigenvalue weighted by molar-refractivity contribution is -0.121. The zero-order valence-corrected chi connectivity index (χ0v) is 18.7. The second-order valence-corrected chi connectivity index (χ2v) is 9.52. The normalized spacial score (nSPS) is 16.1. The Balaban J connectivity index is 1.60. The number of hydrogen-bond donors (Lipinski definition) is 3. The number of carbonyl (C=O) groups is 2. The molecule has 2 aromatic rings. The van der Waals surface area contributed by atoms with Gasteiger partial charge in [0, 0.05) is 23.7 Å². The molecule has 3 rings (SSSR count). The summed E-state index contributed by atoms with van der Waals surface area (Å²) < 4.78 is 33.1. The van der Waals surface area contributed by atoms with Crippen LogP contribution in [0.15, 0.2) is 47.4 Å². The molecule has 2 amide bonds. The Morgan fingerprint density at radius 3 is 2.48 bits per heavy atom. The summed E-state index contributed by atoms with van der Waals surface area (Å²) in [5.74, 6) is -1.13. The van der Waals surface area contributed by atoms with Crippen LogP contribution < -0.4 is 15.6 Å². The Labute approximate surface area is 190 Å². The van der Waals surface area contributed by atoms with Gasteiger partial charge in [0.2, 0.25) is 15.9 Å². The minimum atomic E-state index is -3.95. The molecule has 0 aliphatic carbocycles. The first-order chi connectivity index (χ1) is 14.7. The number of benzene rings is 2. The van der Waals surface area contributed by atoms with Gasteiger partial charge in [0.05, 0.1) is 17.5 Å². The number of rotatable bonds is 7. The van der Waals surface area contributed by atoms with Crippen LogP contribution in [0.3, 0.4) is 0 Å². The summed E-state index contributed by atoms with van der Waals surface area (Å²) in [6, 6.07) is 10.5. The maximum Gasteiger partial charge on any atom is 0.269 e. The molecule has 1 unspecified atom stereocenters. The van der Waals surface area contributed by atoms with Crippen LogP contribution in [0.25, 0.3) is 0 Å². The standard InChI is InChI=1S/C20H21Cl2N3O5S/c21-15-6-3-13(4-7-15)10-19(26)24-25-20(27)14-5-8-17(22)18(11-14)31(28,29)23-12-16-2-1-9-30-16/h3-8,11,16,23H,1-2,9-10,12H2,(H,24,26)(H,25,27). The SMILES string of the molecule is O=C(Cc1ccc(Cl)cc1)NNC(=O)c1ccc(Cl)c(S(=O)(=O)NCC2CCCO2)c1. The van der Waals surface area contributed by atoms with Crippen LogP contribution in [-0.4, -0.2) is 39.5 Å². The number of nitrogens with one attached hydrogen (secondary N) is 3. The van der Waals surface area contributed by atoms with Gasteiger partial charge in [-0.25, -0.2) is 13.1 Å². The Morgan fingerprint density at radius 2 is 1.81 bits per heavy atom. The number of halogens is 2. The molecule has 1 fully saturated rings. The lowest BCUT2D eigenvalue weighted by Crippen LogP contribution is -2.42. The minimum absolute atomic E-state index is 0.0219. The molecule has 31 heavy (non-hydrogen) atoms. The first-order valence-corrected chi connectivity index (χ1v) is 11.7. The zero-order valence-electron chi connectivity index (χ0n) is 16.4. The molecule has 0 spiro atoms. The van der Waals surface area contributed by atoms with Crippen LogP contribution >= 0.6 is 23.2 Å². The lowest BCUT2D eigenvalue weighted by atomic mass is 10.1. The average Bonchev–Trinajstić information content (AvgIpc) is 3.26. The predicted octanol–water partition coefficient (Wildman–Crippen LogP) is 2.45. The number of ether oxygens (including phenoxy) is 1. The molecular weight excluding hydrogens is 465 g/mol. The molecule has 1 aliphatic heterocycles. The lowest BCUT2D eigenvalue weighted by Gasteiger charge is -2.13. The van der Waals surface area contributed by atoms with Gasteiger partial charge in [0.15, 0.2) is 0 Å². The van der Waals surface area contributed by atoms with Crippen molar-refractivity contribution in [3.63, 3.8) is 0 Å². The van der Waals surface area contributed by atoms with E-state index in [2.05, 4.69) is 15.6 Å². The molecule has 1 saturated heterocycles. The number of hydrogen-bond acceptors (Lipinski definition) is 5. The Morgan fingerprint density at radius 1 is 1.06 bits per heavy atom. The largest absolute Gasteiger partial charge is 0.377 e. The second kappa shape index (κ2) is 10.4. The smallest absolute Gasteiger partial charge is 0.269 e. The van der Waals surface area contributed by atoms with Gasteiger partial charge in [-0.3, -0.25) is 20.4 Å². The molecule has 166 valence electrons. The summed E-state index contributed by atoms with van der Waals surface area (Å²) in [5, 5.41) is 0.527. The minimum Gasteiger partial charge on any atom is -0.377 e. The van der Waals surface area contributed by atoms with E-state index in [-0.39, 0.29) is 34.6 Å². The van der Waals surface area contributed by atoms with Crippen molar-refractivity contribution in [2.45, 2.75) is 30.3 Å². The second-order valence-electron chi connectivity index (χ2n) is 6.94. The average molecular weight is 486 g/mol. The maximum absolute atomic E-state index is 12.6. The van der Waals surface area contributed by atoms with E-state index >= 15 is 0 Å². The number of sulfonamides is 1. The molecule has 0 aromatic heterocycles. The maximum atomic E-state index is 12.6. The van der Waals surface area contributed by atoms with Gasteiger partial charge in [-0.1, -0.05) is 35.3 Å². The molecule has 1 heterocycles. The van der Waals surface area contributed by atoms with E-state index < -0.39 is 21.8 Å². The van der Waals surface area contributed by atoms with Gasteiger partial charge >= 0.3 is 0 Å². The molecule has 2 aromatic carbocycles. The van der Waals surface area contributed by atoms with Gasteiger partial charge in [-0.2, -0.15) is 0 Å². The molecule has 1 atom stereocenters. The highest BCUT2D eigenvalue weighted by molar-refractivity contribution is 7.89. The number of amides is 2. The van der Waals surface area contributed by atoms with E-state index in [4.69, 9.17) is 27.9 Å². The zero-order chi connectivity index (χ0) is 22.4. The summed E-state index contributed by atoms with van der Waals surface area (Å²) in [6.07, 6.45) is 1.50. The molecule has 0 bridgehead atoms. The van der Waals surface area contributed by atoms with Crippen LogP contribution in [0.1, 0.15) is 28.8 Å². The summed E-state index contributed by atoms with van der Waals surface area (Å²) in [5.41, 5.74) is 5.29. The summed E-state index contributed by atoms with van der Waals surface area (Å²) in [6.45, 7) is 0.725. The van der Waals surface area contributed by atoms with Crippen LogP contribution in [0.2, 0.25) is 10.0 Å². The van der Waals surface area contributed by atoms with Crippen molar-refractivity contribution in [1.29, 1.82) is 0 Å². The van der Waals surface area contributed by atoms with Gasteiger partial charge < -0.3 is 4.74 Å². The molecule has 0 saturated carbocycles. The molecule has 8 nitrogen and oxygen atoms in total. The Hall–Kier alpha value is -2.17. The van der Waals surface area contributed by atoms with Crippen LogP contribution in [0.5, 0.6) is 0 Å². The van der Waals surface area contributed by atoms with Crippen molar-refractivity contribution in [3.8, 4) is 0 Å². The molecule has 1 aliphatic rings. The highest BCUT2D eigenvalue weighted by atomic mass is 35.5. The fourth-order valence-corrected chi connectivity index (χ4v) is 4.68. The highest BCUT2D eigenvalue weighted by Crippen LogP contribution is 2.23. The van der Waals surface area contributed by atoms with Crippen molar-refractivity contribution in [3.05, 3.63) is 63.6 Å². The highest BCUT2D eigenvalue weighted by Gasteiger charge is 2.23. The fraction of sp³-hybridized carbons (Fsp3) is 0.300. The van der Waals surface area contributed by atoms with Crippen LogP contribution in [0, 0.1) is 0 Å². The van der Waals surface area contributed by atoms with Gasteiger partial charge in [0.1, 0.15) is 4.90 Å². The Bertz CT molecular complexity index is 1050. The topological polar surface area (TPSA) is 114 Å². The first-order valence-electron chi connectivity index (χ1n) is 9.49. The van der Waals surface area contributed by atoms with Gasteiger partial charge in [0.25, 0.3) is 5.91 Å². The van der Waals surface area contributed by atoms with E-state index in [1.54, 1.807) is 24.3 Å². The fourth-order valence-electron chi connectivity index (χ4n) is 2.97. The van der Waals surface area contributed by atoms with Crippen molar-refractivity contribution < 1.29 is 22.7 Å². The predicted molar refractivity (Wildman–Crippen MR) is 116 cm³/mol. The summed E-state index contributed by atoms with van der Waals surface area (Å²) >= 11 is 11.9. The third kappa shape index (κ3) is 6.65. The van der Waals surface area contributed by atoms with Gasteiger partial charge in [-0.15, -0.1) is 0 Å². The third-order valence-electron chi connectivity index (χ3n) is 4.60. The van der Waals surface area contributed by atoms with Crippen molar-refractivity contribution >= 4 is 45.0 Å². The molecular formula is C20H21Cl2N3O5S. The van der Waals surface area contributed by atoms with E-state index in [9.17, 15) is 18.0 Å². The third-order valence-corrected chi connectivity index (χ3v) is 6.76. The van der Waals surface area contributed by atoms with Crippen molar-refractivity contribution in [1.82, 2.24) is 15.6 Å². The summed E-state index contributed by atoms with van der Waals surface area (Å²) in [7, 11) is -3.95. The number of carbonyl (C=O) groups excluding carboxylic acids is 2. The van der Waals surface area contributed by atoms with Crippen molar-refractivity contribution in [2.75, 3.05) is 13.2 Å². The summed E-state index contributed by atoms with van der Waals surface area (Å²) in [4.78, 5) is 24.2. The van der Waals surface area contributed by atoms with Crippen LogP contribution in [-0.2, 0) is 26.0 Å².